The Kier molecular flexibility index (Phi) is 3.51. The van der Waals surface area contributed by atoms with E-state index in [4.69, 9.17) is 4.42 Å². The minimum Gasteiger partial charge on any atom is -0.461 e. The fourth-order valence-corrected chi connectivity index (χ4v) is 2.92. The summed E-state index contributed by atoms with van der Waals surface area (Å²) in [5, 5.41) is 6.62. The van der Waals surface area contributed by atoms with Crippen molar-refractivity contribution in [2.24, 2.45) is 0 Å². The standard InChI is InChI=1S/C16H16N2O2S/c1-9(2)16-18-13(8-21-16)15(19)17-12-4-5-14-11(7-12)6-10(3)20-14/h4-9H,1-3H3,(H,17,19). The average Bonchev–Trinajstić information content (AvgIpc) is 3.03. The predicted molar refractivity (Wildman–Crippen MR) is 85.1 cm³/mol. The molecule has 0 saturated heterocycles. The monoisotopic (exact) mass is 300 g/mol. The van der Waals surface area contributed by atoms with Gasteiger partial charge in [0.1, 0.15) is 17.0 Å². The molecule has 1 N–H and O–H groups in total. The zero-order valence-corrected chi connectivity index (χ0v) is 13.0. The van der Waals surface area contributed by atoms with E-state index < -0.39 is 0 Å². The van der Waals surface area contributed by atoms with Crippen LogP contribution in [-0.2, 0) is 0 Å². The first-order valence-electron chi connectivity index (χ1n) is 6.80. The van der Waals surface area contributed by atoms with Crippen molar-refractivity contribution in [2.75, 3.05) is 5.32 Å². The van der Waals surface area contributed by atoms with Gasteiger partial charge in [-0.1, -0.05) is 13.8 Å². The van der Waals surface area contributed by atoms with Crippen LogP contribution in [-0.4, -0.2) is 10.9 Å². The highest BCUT2D eigenvalue weighted by Gasteiger charge is 2.13. The third-order valence-electron chi connectivity index (χ3n) is 3.15. The summed E-state index contributed by atoms with van der Waals surface area (Å²) in [5.74, 6) is 1.01. The molecule has 0 aliphatic rings. The number of hydrogen-bond donors (Lipinski definition) is 1. The molecule has 2 heterocycles. The number of hydrogen-bond acceptors (Lipinski definition) is 4. The third-order valence-corrected chi connectivity index (χ3v) is 4.29. The number of anilines is 1. The van der Waals surface area contributed by atoms with Crippen LogP contribution in [0.5, 0.6) is 0 Å². The molecule has 2 aromatic heterocycles. The summed E-state index contributed by atoms with van der Waals surface area (Å²) < 4.78 is 5.52. The summed E-state index contributed by atoms with van der Waals surface area (Å²) >= 11 is 1.52. The molecule has 0 saturated carbocycles. The molecule has 0 aliphatic heterocycles. The van der Waals surface area contributed by atoms with Gasteiger partial charge in [-0.2, -0.15) is 0 Å². The Morgan fingerprint density at radius 3 is 2.86 bits per heavy atom. The molecule has 0 atom stereocenters. The number of rotatable bonds is 3. The minimum atomic E-state index is -0.183. The number of fused-ring (bicyclic) bond motifs is 1. The van der Waals surface area contributed by atoms with Gasteiger partial charge >= 0.3 is 0 Å². The van der Waals surface area contributed by atoms with E-state index in [0.29, 0.717) is 11.6 Å². The molecule has 21 heavy (non-hydrogen) atoms. The van der Waals surface area contributed by atoms with Gasteiger partial charge in [-0.05, 0) is 31.2 Å². The van der Waals surface area contributed by atoms with E-state index >= 15 is 0 Å². The highest BCUT2D eigenvalue weighted by atomic mass is 32.1. The first-order valence-corrected chi connectivity index (χ1v) is 7.68. The second-order valence-electron chi connectivity index (χ2n) is 5.29. The third kappa shape index (κ3) is 2.83. The van der Waals surface area contributed by atoms with Gasteiger partial charge in [0.15, 0.2) is 0 Å². The van der Waals surface area contributed by atoms with Crippen molar-refractivity contribution in [3.8, 4) is 0 Å². The lowest BCUT2D eigenvalue weighted by molar-refractivity contribution is 0.102. The van der Waals surface area contributed by atoms with Gasteiger partial charge in [0, 0.05) is 22.4 Å². The van der Waals surface area contributed by atoms with E-state index in [1.165, 1.54) is 11.3 Å². The Balaban J connectivity index is 1.81. The van der Waals surface area contributed by atoms with Crippen LogP contribution in [0, 0.1) is 6.92 Å². The van der Waals surface area contributed by atoms with Crippen LogP contribution in [0.3, 0.4) is 0 Å². The molecule has 1 amide bonds. The Morgan fingerprint density at radius 2 is 2.14 bits per heavy atom. The summed E-state index contributed by atoms with van der Waals surface area (Å²) in [7, 11) is 0. The van der Waals surface area contributed by atoms with Crippen molar-refractivity contribution < 1.29 is 9.21 Å². The Bertz CT molecular complexity index is 802. The maximum atomic E-state index is 12.2. The Morgan fingerprint density at radius 1 is 1.33 bits per heavy atom. The largest absolute Gasteiger partial charge is 0.461 e. The summed E-state index contributed by atoms with van der Waals surface area (Å²) in [5.41, 5.74) is 2.03. The number of aromatic nitrogens is 1. The van der Waals surface area contributed by atoms with Gasteiger partial charge in [0.25, 0.3) is 5.91 Å². The van der Waals surface area contributed by atoms with E-state index in [9.17, 15) is 4.79 Å². The Hall–Kier alpha value is -2.14. The van der Waals surface area contributed by atoms with Crippen molar-refractivity contribution in [1.29, 1.82) is 0 Å². The molecule has 3 rings (SSSR count). The molecule has 0 fully saturated rings. The molecule has 0 bridgehead atoms. The lowest BCUT2D eigenvalue weighted by Crippen LogP contribution is -2.12. The van der Waals surface area contributed by atoms with Crippen LogP contribution < -0.4 is 5.32 Å². The van der Waals surface area contributed by atoms with Gasteiger partial charge in [-0.3, -0.25) is 4.79 Å². The molecule has 3 aromatic rings. The number of furan rings is 1. The highest BCUT2D eigenvalue weighted by Crippen LogP contribution is 2.24. The summed E-state index contributed by atoms with van der Waals surface area (Å²) in [4.78, 5) is 16.6. The summed E-state index contributed by atoms with van der Waals surface area (Å²) in [6, 6.07) is 7.54. The van der Waals surface area contributed by atoms with E-state index in [1.807, 2.05) is 31.2 Å². The quantitative estimate of drug-likeness (QED) is 0.770. The van der Waals surface area contributed by atoms with Crippen LogP contribution in [0.15, 0.2) is 34.1 Å². The fraction of sp³-hybridized carbons (Fsp3) is 0.250. The molecule has 0 radical (unpaired) electrons. The number of benzene rings is 1. The number of aryl methyl sites for hydroxylation is 1. The highest BCUT2D eigenvalue weighted by molar-refractivity contribution is 7.09. The first kappa shape index (κ1) is 13.8. The fourth-order valence-electron chi connectivity index (χ4n) is 2.11. The van der Waals surface area contributed by atoms with E-state index in [1.54, 1.807) is 5.38 Å². The van der Waals surface area contributed by atoms with Crippen molar-refractivity contribution in [3.63, 3.8) is 0 Å². The first-order chi connectivity index (χ1) is 10.0. The molecule has 0 unspecified atom stereocenters. The summed E-state index contributed by atoms with van der Waals surface area (Å²) in [6.07, 6.45) is 0. The number of carbonyl (C=O) groups is 1. The van der Waals surface area contributed by atoms with E-state index in [0.717, 1.165) is 27.4 Å². The molecule has 108 valence electrons. The zero-order valence-electron chi connectivity index (χ0n) is 12.1. The maximum Gasteiger partial charge on any atom is 0.275 e. The SMILES string of the molecule is Cc1cc2cc(NC(=O)c3csc(C(C)C)n3)ccc2o1. The average molecular weight is 300 g/mol. The lowest BCUT2D eigenvalue weighted by atomic mass is 10.2. The molecule has 0 spiro atoms. The number of carbonyl (C=O) groups excluding carboxylic acids is 1. The number of nitrogens with zero attached hydrogens (tertiary/aromatic N) is 1. The van der Waals surface area contributed by atoms with E-state index in [-0.39, 0.29) is 5.91 Å². The minimum absolute atomic E-state index is 0.183. The second kappa shape index (κ2) is 5.33. The van der Waals surface area contributed by atoms with Crippen molar-refractivity contribution in [3.05, 3.63) is 46.1 Å². The predicted octanol–water partition coefficient (Wildman–Crippen LogP) is 4.57. The van der Waals surface area contributed by atoms with Gasteiger partial charge in [0.05, 0.1) is 5.01 Å². The molecule has 5 heteroatoms. The van der Waals surface area contributed by atoms with Crippen LogP contribution >= 0.6 is 11.3 Å². The van der Waals surface area contributed by atoms with Crippen LogP contribution in [0.1, 0.15) is 41.0 Å². The van der Waals surface area contributed by atoms with Gasteiger partial charge in [0.2, 0.25) is 0 Å². The molecule has 0 aliphatic carbocycles. The summed E-state index contributed by atoms with van der Waals surface area (Å²) in [6.45, 7) is 6.03. The van der Waals surface area contributed by atoms with Crippen molar-refractivity contribution in [2.45, 2.75) is 26.7 Å². The number of thiazole rings is 1. The molecular formula is C16H16N2O2S. The van der Waals surface area contributed by atoms with Crippen molar-refractivity contribution in [1.82, 2.24) is 4.98 Å². The molecular weight excluding hydrogens is 284 g/mol. The van der Waals surface area contributed by atoms with Gasteiger partial charge in [-0.15, -0.1) is 11.3 Å². The van der Waals surface area contributed by atoms with Crippen LogP contribution in [0.25, 0.3) is 11.0 Å². The second-order valence-corrected chi connectivity index (χ2v) is 6.18. The smallest absolute Gasteiger partial charge is 0.275 e. The number of amides is 1. The topological polar surface area (TPSA) is 55.1 Å². The normalized spacial score (nSPS) is 11.2. The van der Waals surface area contributed by atoms with Crippen LogP contribution in [0.4, 0.5) is 5.69 Å². The van der Waals surface area contributed by atoms with Crippen LogP contribution in [0.2, 0.25) is 0 Å². The number of nitrogens with one attached hydrogen (secondary N) is 1. The maximum absolute atomic E-state index is 12.2. The van der Waals surface area contributed by atoms with Gasteiger partial charge < -0.3 is 9.73 Å². The molecule has 1 aromatic carbocycles. The van der Waals surface area contributed by atoms with Crippen molar-refractivity contribution >= 4 is 33.9 Å². The molecule has 4 nitrogen and oxygen atoms in total. The van der Waals surface area contributed by atoms with E-state index in [2.05, 4.69) is 24.1 Å². The Labute approximate surface area is 126 Å². The zero-order chi connectivity index (χ0) is 15.0. The van der Waals surface area contributed by atoms with Gasteiger partial charge in [-0.25, -0.2) is 4.98 Å². The lowest BCUT2D eigenvalue weighted by Gasteiger charge is -2.03.